The predicted octanol–water partition coefficient (Wildman–Crippen LogP) is 2.51. The molecule has 1 aromatic rings. The van der Waals surface area contributed by atoms with Crippen LogP contribution in [0, 0.1) is 0 Å². The lowest BCUT2D eigenvalue weighted by Crippen LogP contribution is -2.23. The second kappa shape index (κ2) is 7.54. The van der Waals surface area contributed by atoms with Crippen molar-refractivity contribution in [3.05, 3.63) is 24.3 Å². The number of nitrogens with one attached hydrogen (secondary N) is 1. The first kappa shape index (κ1) is 15.3. The Morgan fingerprint density at radius 1 is 1.56 bits per heavy atom. The summed E-state index contributed by atoms with van der Waals surface area (Å²) >= 11 is 1.65. The van der Waals surface area contributed by atoms with Crippen molar-refractivity contribution in [1.29, 1.82) is 0 Å². The van der Waals surface area contributed by atoms with Crippen LogP contribution in [0.4, 0.5) is 5.69 Å². The normalized spacial score (nSPS) is 11.4. The minimum atomic E-state index is -0.103. The number of anilines is 1. The minimum absolute atomic E-state index is 0. The molecule has 0 aliphatic heterocycles. The van der Waals surface area contributed by atoms with Crippen molar-refractivity contribution in [2.75, 3.05) is 11.6 Å². The Morgan fingerprint density at radius 2 is 2.25 bits per heavy atom. The third kappa shape index (κ3) is 5.39. The highest BCUT2D eigenvalue weighted by atomic mass is 35.5. The van der Waals surface area contributed by atoms with Gasteiger partial charge in [0.05, 0.1) is 0 Å². The van der Waals surface area contributed by atoms with Crippen LogP contribution >= 0.6 is 24.2 Å². The van der Waals surface area contributed by atoms with Gasteiger partial charge in [0.25, 0.3) is 0 Å². The van der Waals surface area contributed by atoms with Gasteiger partial charge < -0.3 is 11.1 Å². The Morgan fingerprint density at radius 3 is 2.81 bits per heavy atom. The Labute approximate surface area is 107 Å². The number of amides is 1. The SMILES string of the molecule is CSc1cccc(NC(=O)CC(C)N)c1.Cl. The van der Waals surface area contributed by atoms with Gasteiger partial charge in [-0.25, -0.2) is 0 Å². The number of carbonyl (C=O) groups excluding carboxylic acids is 1. The van der Waals surface area contributed by atoms with Gasteiger partial charge >= 0.3 is 0 Å². The van der Waals surface area contributed by atoms with Crippen LogP contribution in [0.25, 0.3) is 0 Å². The topological polar surface area (TPSA) is 55.1 Å². The summed E-state index contributed by atoms with van der Waals surface area (Å²) in [5.41, 5.74) is 6.36. The van der Waals surface area contributed by atoms with Gasteiger partial charge in [-0.05, 0) is 31.4 Å². The first-order valence-corrected chi connectivity index (χ1v) is 6.04. The van der Waals surface area contributed by atoms with Crippen molar-refractivity contribution in [3.8, 4) is 0 Å². The third-order valence-electron chi connectivity index (χ3n) is 1.86. The van der Waals surface area contributed by atoms with Gasteiger partial charge in [-0.1, -0.05) is 6.07 Å². The maximum Gasteiger partial charge on any atom is 0.225 e. The molecule has 1 rings (SSSR count). The number of hydrogen-bond donors (Lipinski definition) is 2. The first-order chi connectivity index (χ1) is 7.11. The zero-order valence-corrected chi connectivity index (χ0v) is 11.0. The molecule has 3 N–H and O–H groups in total. The molecule has 0 bridgehead atoms. The van der Waals surface area contributed by atoms with Gasteiger partial charge in [0.1, 0.15) is 0 Å². The number of hydrogen-bond acceptors (Lipinski definition) is 3. The summed E-state index contributed by atoms with van der Waals surface area (Å²) in [5.74, 6) is -0.0387. The van der Waals surface area contributed by atoms with E-state index < -0.39 is 0 Å². The Bertz CT molecular complexity index is 345. The molecule has 0 aliphatic carbocycles. The molecule has 16 heavy (non-hydrogen) atoms. The smallest absolute Gasteiger partial charge is 0.225 e. The Kier molecular flexibility index (Phi) is 7.21. The van der Waals surface area contributed by atoms with E-state index in [1.807, 2.05) is 37.4 Å². The van der Waals surface area contributed by atoms with Crippen LogP contribution < -0.4 is 11.1 Å². The summed E-state index contributed by atoms with van der Waals surface area (Å²) in [5, 5.41) is 2.82. The fourth-order valence-electron chi connectivity index (χ4n) is 1.21. The van der Waals surface area contributed by atoms with Crippen molar-refractivity contribution < 1.29 is 4.79 Å². The molecule has 0 fully saturated rings. The molecule has 0 aromatic heterocycles. The Hall–Kier alpha value is -0.710. The van der Waals surface area contributed by atoms with Crippen LogP contribution in [0.3, 0.4) is 0 Å². The molecule has 1 atom stereocenters. The summed E-state index contributed by atoms with van der Waals surface area (Å²) in [6.45, 7) is 1.82. The van der Waals surface area contributed by atoms with Crippen molar-refractivity contribution in [1.82, 2.24) is 0 Å². The van der Waals surface area contributed by atoms with E-state index in [0.29, 0.717) is 6.42 Å². The second-order valence-corrected chi connectivity index (χ2v) is 4.34. The highest BCUT2D eigenvalue weighted by Gasteiger charge is 2.05. The lowest BCUT2D eigenvalue weighted by Gasteiger charge is -2.07. The van der Waals surface area contributed by atoms with Crippen molar-refractivity contribution in [3.63, 3.8) is 0 Å². The lowest BCUT2D eigenvalue weighted by atomic mass is 10.2. The fourth-order valence-corrected chi connectivity index (χ4v) is 1.66. The summed E-state index contributed by atoms with van der Waals surface area (Å²) in [6.07, 6.45) is 2.35. The van der Waals surface area contributed by atoms with Gasteiger partial charge in [-0.3, -0.25) is 4.79 Å². The number of thioether (sulfide) groups is 1. The molecule has 1 unspecified atom stereocenters. The van der Waals surface area contributed by atoms with E-state index in [0.717, 1.165) is 10.6 Å². The van der Waals surface area contributed by atoms with E-state index in [1.165, 1.54) is 0 Å². The van der Waals surface area contributed by atoms with E-state index in [2.05, 4.69) is 5.32 Å². The number of nitrogens with two attached hydrogens (primary N) is 1. The molecule has 0 saturated heterocycles. The highest BCUT2D eigenvalue weighted by molar-refractivity contribution is 7.98. The standard InChI is InChI=1S/C11H16N2OS.ClH/c1-8(12)6-11(14)13-9-4-3-5-10(7-9)15-2;/h3-5,7-8H,6,12H2,1-2H3,(H,13,14);1H. The van der Waals surface area contributed by atoms with Gasteiger partial charge in [0.2, 0.25) is 5.91 Å². The van der Waals surface area contributed by atoms with Crippen LogP contribution in [-0.2, 0) is 4.79 Å². The van der Waals surface area contributed by atoms with Gasteiger partial charge in [0.15, 0.2) is 0 Å². The number of rotatable bonds is 4. The fraction of sp³-hybridized carbons (Fsp3) is 0.364. The summed E-state index contributed by atoms with van der Waals surface area (Å²) in [6, 6.07) is 7.65. The molecule has 3 nitrogen and oxygen atoms in total. The van der Waals surface area contributed by atoms with E-state index in [9.17, 15) is 4.79 Å². The third-order valence-corrected chi connectivity index (χ3v) is 2.59. The minimum Gasteiger partial charge on any atom is -0.327 e. The van der Waals surface area contributed by atoms with Crippen LogP contribution in [0.15, 0.2) is 29.2 Å². The predicted molar refractivity (Wildman–Crippen MR) is 72.4 cm³/mol. The van der Waals surface area contributed by atoms with E-state index in [4.69, 9.17) is 5.73 Å². The highest BCUT2D eigenvalue weighted by Crippen LogP contribution is 2.18. The zero-order valence-electron chi connectivity index (χ0n) is 9.40. The van der Waals surface area contributed by atoms with E-state index in [1.54, 1.807) is 11.8 Å². The lowest BCUT2D eigenvalue weighted by molar-refractivity contribution is -0.116. The molecule has 5 heteroatoms. The van der Waals surface area contributed by atoms with E-state index in [-0.39, 0.29) is 24.4 Å². The van der Waals surface area contributed by atoms with Gasteiger partial charge in [-0.15, -0.1) is 24.2 Å². The average molecular weight is 261 g/mol. The van der Waals surface area contributed by atoms with Crippen molar-refractivity contribution in [2.45, 2.75) is 24.3 Å². The van der Waals surface area contributed by atoms with Crippen molar-refractivity contribution in [2.24, 2.45) is 5.73 Å². The summed E-state index contributed by atoms with van der Waals surface area (Å²) in [4.78, 5) is 12.6. The largest absolute Gasteiger partial charge is 0.327 e. The molecule has 0 spiro atoms. The molecule has 90 valence electrons. The Balaban J connectivity index is 0.00000225. The second-order valence-electron chi connectivity index (χ2n) is 3.46. The first-order valence-electron chi connectivity index (χ1n) is 4.81. The summed E-state index contributed by atoms with van der Waals surface area (Å²) in [7, 11) is 0. The monoisotopic (exact) mass is 260 g/mol. The van der Waals surface area contributed by atoms with Crippen molar-refractivity contribution >= 4 is 35.8 Å². The van der Waals surface area contributed by atoms with Gasteiger partial charge in [0, 0.05) is 23.0 Å². The van der Waals surface area contributed by atoms with Crippen LogP contribution in [0.5, 0.6) is 0 Å². The molecule has 0 aliphatic rings. The summed E-state index contributed by atoms with van der Waals surface area (Å²) < 4.78 is 0. The number of halogens is 1. The van der Waals surface area contributed by atoms with Gasteiger partial charge in [-0.2, -0.15) is 0 Å². The number of benzene rings is 1. The molecule has 1 amide bonds. The maximum absolute atomic E-state index is 11.4. The van der Waals surface area contributed by atoms with Crippen LogP contribution in [0.1, 0.15) is 13.3 Å². The molecular weight excluding hydrogens is 244 g/mol. The molecule has 0 saturated carbocycles. The quantitative estimate of drug-likeness (QED) is 0.818. The molecule has 1 aromatic carbocycles. The molecule has 0 radical (unpaired) electrons. The zero-order chi connectivity index (χ0) is 11.3. The average Bonchev–Trinajstić information content (AvgIpc) is 2.16. The molecular formula is C11H17ClN2OS. The number of carbonyl (C=O) groups is 1. The van der Waals surface area contributed by atoms with Crippen LogP contribution in [-0.4, -0.2) is 18.2 Å². The molecule has 0 heterocycles. The van der Waals surface area contributed by atoms with E-state index >= 15 is 0 Å². The maximum atomic E-state index is 11.4. The van der Waals surface area contributed by atoms with Crippen LogP contribution in [0.2, 0.25) is 0 Å².